The summed E-state index contributed by atoms with van der Waals surface area (Å²) >= 11 is 0. The second-order valence-electron chi connectivity index (χ2n) is 5.09. The zero-order valence-corrected chi connectivity index (χ0v) is 12.4. The molecule has 2 rings (SSSR count). The molecule has 0 spiro atoms. The summed E-state index contributed by atoms with van der Waals surface area (Å²) < 4.78 is 0. The zero-order valence-electron chi connectivity index (χ0n) is 12.4. The molecule has 1 amide bonds. The molecule has 6 heteroatoms. The van der Waals surface area contributed by atoms with Crippen LogP contribution in [-0.4, -0.2) is 34.5 Å². The Labute approximate surface area is 119 Å². The van der Waals surface area contributed by atoms with Crippen LogP contribution in [0, 0.1) is 0 Å². The maximum absolute atomic E-state index is 11.9. The van der Waals surface area contributed by atoms with Crippen LogP contribution in [0.15, 0.2) is 6.07 Å². The Bertz CT molecular complexity index is 473. The van der Waals surface area contributed by atoms with Crippen molar-refractivity contribution in [3.8, 4) is 0 Å². The number of rotatable bonds is 7. The van der Waals surface area contributed by atoms with Gasteiger partial charge in [0.25, 0.3) is 0 Å². The number of carbonyl (C=O) groups is 1. The second kappa shape index (κ2) is 6.54. The molecular weight excluding hydrogens is 254 g/mol. The van der Waals surface area contributed by atoms with E-state index in [-0.39, 0.29) is 11.9 Å². The fourth-order valence-corrected chi connectivity index (χ4v) is 1.84. The molecule has 1 unspecified atom stereocenters. The van der Waals surface area contributed by atoms with Gasteiger partial charge in [-0.2, -0.15) is 0 Å². The second-order valence-corrected chi connectivity index (χ2v) is 5.09. The van der Waals surface area contributed by atoms with Gasteiger partial charge >= 0.3 is 0 Å². The molecule has 1 atom stereocenters. The molecule has 0 aromatic carbocycles. The van der Waals surface area contributed by atoms with Crippen molar-refractivity contribution in [1.82, 2.24) is 15.3 Å². The summed E-state index contributed by atoms with van der Waals surface area (Å²) in [6.07, 6.45) is 2.95. The Balaban J connectivity index is 2.02. The van der Waals surface area contributed by atoms with Gasteiger partial charge in [-0.3, -0.25) is 4.79 Å². The van der Waals surface area contributed by atoms with Crippen molar-refractivity contribution in [2.45, 2.75) is 52.1 Å². The monoisotopic (exact) mass is 277 g/mol. The van der Waals surface area contributed by atoms with Gasteiger partial charge in [-0.05, 0) is 26.7 Å². The van der Waals surface area contributed by atoms with Crippen molar-refractivity contribution in [2.24, 2.45) is 0 Å². The lowest BCUT2D eigenvalue weighted by molar-refractivity contribution is -0.121. The predicted octanol–water partition coefficient (Wildman–Crippen LogP) is 1.55. The Morgan fingerprint density at radius 2 is 2.05 bits per heavy atom. The average molecular weight is 277 g/mol. The molecular formula is C14H23N5O. The minimum absolute atomic E-state index is 0.0224. The van der Waals surface area contributed by atoms with Crippen LogP contribution in [0.4, 0.5) is 11.6 Å². The van der Waals surface area contributed by atoms with Crippen LogP contribution in [0.25, 0.3) is 0 Å². The third-order valence-corrected chi connectivity index (χ3v) is 3.13. The quantitative estimate of drug-likeness (QED) is 0.704. The fraction of sp³-hybridized carbons (Fsp3) is 0.643. The molecule has 1 heterocycles. The predicted molar refractivity (Wildman–Crippen MR) is 79.8 cm³/mol. The highest BCUT2D eigenvalue weighted by atomic mass is 16.2. The molecule has 0 radical (unpaired) electrons. The molecule has 1 fully saturated rings. The van der Waals surface area contributed by atoms with E-state index >= 15 is 0 Å². The number of hydrogen-bond acceptors (Lipinski definition) is 5. The topological polar surface area (TPSA) is 78.9 Å². The maximum atomic E-state index is 11.9. The Kier molecular flexibility index (Phi) is 4.76. The van der Waals surface area contributed by atoms with Gasteiger partial charge in [-0.25, -0.2) is 9.97 Å². The Morgan fingerprint density at radius 3 is 2.65 bits per heavy atom. The lowest BCUT2D eigenvalue weighted by Crippen LogP contribution is -2.38. The lowest BCUT2D eigenvalue weighted by Gasteiger charge is -2.15. The summed E-state index contributed by atoms with van der Waals surface area (Å²) in [5.74, 6) is 2.26. The minimum atomic E-state index is -0.301. The number of aryl methyl sites for hydroxylation is 1. The van der Waals surface area contributed by atoms with E-state index in [1.165, 1.54) is 0 Å². The normalized spacial score (nSPS) is 15.6. The van der Waals surface area contributed by atoms with Crippen molar-refractivity contribution in [1.29, 1.82) is 0 Å². The summed E-state index contributed by atoms with van der Waals surface area (Å²) in [7, 11) is 0. The number of anilines is 2. The first-order chi connectivity index (χ1) is 9.62. The number of hydrogen-bond donors (Lipinski definition) is 3. The molecule has 6 nitrogen and oxygen atoms in total. The molecule has 0 bridgehead atoms. The molecule has 1 aromatic heterocycles. The maximum Gasteiger partial charge on any atom is 0.242 e. The average Bonchev–Trinajstić information content (AvgIpc) is 3.22. The summed E-state index contributed by atoms with van der Waals surface area (Å²) in [4.78, 5) is 20.7. The van der Waals surface area contributed by atoms with Gasteiger partial charge in [0.05, 0.1) is 0 Å². The molecule has 0 saturated heterocycles. The highest BCUT2D eigenvalue weighted by Crippen LogP contribution is 2.19. The van der Waals surface area contributed by atoms with Crippen LogP contribution < -0.4 is 16.0 Å². The zero-order chi connectivity index (χ0) is 14.5. The van der Waals surface area contributed by atoms with Crippen LogP contribution in [0.2, 0.25) is 0 Å². The van der Waals surface area contributed by atoms with Gasteiger partial charge in [-0.1, -0.05) is 6.92 Å². The molecule has 1 aliphatic carbocycles. The molecule has 1 aromatic rings. The van der Waals surface area contributed by atoms with Gasteiger partial charge in [0.15, 0.2) is 0 Å². The lowest BCUT2D eigenvalue weighted by atomic mass is 10.3. The van der Waals surface area contributed by atoms with Crippen molar-refractivity contribution < 1.29 is 4.79 Å². The van der Waals surface area contributed by atoms with Crippen molar-refractivity contribution >= 4 is 17.5 Å². The summed E-state index contributed by atoms with van der Waals surface area (Å²) in [6, 6.07) is 1.91. The van der Waals surface area contributed by atoms with Gasteiger partial charge in [0.1, 0.15) is 23.5 Å². The third-order valence-electron chi connectivity index (χ3n) is 3.13. The Hall–Kier alpha value is -1.85. The largest absolute Gasteiger partial charge is 0.370 e. The third kappa shape index (κ3) is 4.08. The van der Waals surface area contributed by atoms with E-state index in [1.807, 2.05) is 26.8 Å². The van der Waals surface area contributed by atoms with E-state index in [9.17, 15) is 4.79 Å². The fourth-order valence-electron chi connectivity index (χ4n) is 1.84. The van der Waals surface area contributed by atoms with Crippen LogP contribution in [0.3, 0.4) is 0 Å². The summed E-state index contributed by atoms with van der Waals surface area (Å²) in [5, 5.41) is 9.30. The molecule has 0 aliphatic heterocycles. The number of carbonyl (C=O) groups excluding carboxylic acids is 1. The van der Waals surface area contributed by atoms with Crippen LogP contribution in [-0.2, 0) is 11.2 Å². The number of nitrogens with zero attached hydrogens (tertiary/aromatic N) is 2. The first kappa shape index (κ1) is 14.6. The smallest absolute Gasteiger partial charge is 0.242 e. The van der Waals surface area contributed by atoms with Crippen LogP contribution in [0.1, 0.15) is 39.4 Å². The SMILES string of the molecule is CCNc1cc(NC(C)C(=O)NC2CC2)nc(CC)n1. The van der Waals surface area contributed by atoms with Crippen molar-refractivity contribution in [3.63, 3.8) is 0 Å². The Morgan fingerprint density at radius 1 is 1.35 bits per heavy atom. The van der Waals surface area contributed by atoms with E-state index in [0.29, 0.717) is 11.9 Å². The number of aromatic nitrogens is 2. The highest BCUT2D eigenvalue weighted by molar-refractivity contribution is 5.84. The van der Waals surface area contributed by atoms with E-state index in [2.05, 4.69) is 25.9 Å². The first-order valence-corrected chi connectivity index (χ1v) is 7.31. The molecule has 1 aliphatic rings. The van der Waals surface area contributed by atoms with Gasteiger partial charge in [0.2, 0.25) is 5.91 Å². The van der Waals surface area contributed by atoms with E-state index in [1.54, 1.807) is 0 Å². The van der Waals surface area contributed by atoms with Crippen LogP contribution in [0.5, 0.6) is 0 Å². The highest BCUT2D eigenvalue weighted by Gasteiger charge is 2.25. The summed E-state index contributed by atoms with van der Waals surface area (Å²) in [6.45, 7) is 6.68. The molecule has 110 valence electrons. The molecule has 20 heavy (non-hydrogen) atoms. The minimum Gasteiger partial charge on any atom is -0.370 e. The van der Waals surface area contributed by atoms with Crippen molar-refractivity contribution in [3.05, 3.63) is 11.9 Å². The van der Waals surface area contributed by atoms with E-state index in [0.717, 1.165) is 37.4 Å². The number of amides is 1. The first-order valence-electron chi connectivity index (χ1n) is 7.31. The number of nitrogens with one attached hydrogen (secondary N) is 3. The summed E-state index contributed by atoms with van der Waals surface area (Å²) in [5.41, 5.74) is 0. The molecule has 1 saturated carbocycles. The van der Waals surface area contributed by atoms with Gasteiger partial charge < -0.3 is 16.0 Å². The van der Waals surface area contributed by atoms with Crippen LogP contribution >= 0.6 is 0 Å². The van der Waals surface area contributed by atoms with Crippen molar-refractivity contribution in [2.75, 3.05) is 17.2 Å². The molecule has 3 N–H and O–H groups in total. The van der Waals surface area contributed by atoms with E-state index < -0.39 is 0 Å². The van der Waals surface area contributed by atoms with Gasteiger partial charge in [0, 0.05) is 25.1 Å². The standard InChI is InChI=1S/C14H23N5O/c1-4-11-18-12(15-5-2)8-13(19-11)16-9(3)14(20)17-10-6-7-10/h8-10H,4-7H2,1-3H3,(H,17,20)(H2,15,16,18,19). The van der Waals surface area contributed by atoms with E-state index in [4.69, 9.17) is 0 Å². The van der Waals surface area contributed by atoms with Gasteiger partial charge in [-0.15, -0.1) is 0 Å².